The number of carbonyl (C=O) groups is 1. The van der Waals surface area contributed by atoms with Crippen molar-refractivity contribution < 1.29 is 13.2 Å². The lowest BCUT2D eigenvalue weighted by Crippen LogP contribution is -2.53. The number of nitriles is 1. The first kappa shape index (κ1) is 15.8. The topological polar surface area (TPSA) is 78.2 Å². The van der Waals surface area contributed by atoms with E-state index in [1.165, 1.54) is 23.1 Å². The molecule has 0 unspecified atom stereocenters. The smallest absolute Gasteiger partial charge is 0.254 e. The highest BCUT2D eigenvalue weighted by molar-refractivity contribution is 7.90. The molecule has 5 nitrogen and oxygen atoms in total. The molecular formula is C14H15ClN2O3S. The van der Waals surface area contributed by atoms with Crippen molar-refractivity contribution >= 4 is 27.3 Å². The van der Waals surface area contributed by atoms with Crippen LogP contribution in [0.5, 0.6) is 0 Å². The van der Waals surface area contributed by atoms with E-state index in [1.807, 2.05) is 0 Å². The van der Waals surface area contributed by atoms with Crippen molar-refractivity contribution in [2.75, 3.05) is 13.3 Å². The third kappa shape index (κ3) is 2.76. The molecular weight excluding hydrogens is 312 g/mol. The van der Waals surface area contributed by atoms with Gasteiger partial charge in [0.2, 0.25) is 0 Å². The van der Waals surface area contributed by atoms with Gasteiger partial charge in [0.05, 0.1) is 16.0 Å². The Bertz CT molecular complexity index is 733. The van der Waals surface area contributed by atoms with Crippen molar-refractivity contribution in [2.45, 2.75) is 29.7 Å². The van der Waals surface area contributed by atoms with Crippen molar-refractivity contribution in [3.05, 3.63) is 28.8 Å². The molecule has 1 fully saturated rings. The second-order valence-corrected chi connectivity index (χ2v) is 7.67. The molecule has 0 aliphatic heterocycles. The maximum Gasteiger partial charge on any atom is 0.254 e. The first-order valence-corrected chi connectivity index (χ1v) is 8.67. The number of benzene rings is 1. The molecule has 0 aromatic heterocycles. The minimum atomic E-state index is -3.52. The minimum Gasteiger partial charge on any atom is -0.323 e. The maximum atomic E-state index is 12.5. The summed E-state index contributed by atoms with van der Waals surface area (Å²) in [6.07, 6.45) is 3.21. The van der Waals surface area contributed by atoms with Crippen LogP contribution >= 0.6 is 11.6 Å². The third-order valence-electron chi connectivity index (χ3n) is 3.91. The van der Waals surface area contributed by atoms with Crippen LogP contribution in [0.2, 0.25) is 5.02 Å². The van der Waals surface area contributed by atoms with Crippen molar-refractivity contribution in [3.63, 3.8) is 0 Å². The molecule has 0 N–H and O–H groups in total. The van der Waals surface area contributed by atoms with Crippen LogP contribution in [0, 0.1) is 11.3 Å². The number of sulfone groups is 1. The Balaban J connectivity index is 2.39. The molecule has 1 aliphatic rings. The van der Waals surface area contributed by atoms with E-state index < -0.39 is 15.4 Å². The van der Waals surface area contributed by atoms with Crippen LogP contribution in [0.4, 0.5) is 0 Å². The molecule has 2 rings (SSSR count). The van der Waals surface area contributed by atoms with Gasteiger partial charge in [0.15, 0.2) is 9.84 Å². The van der Waals surface area contributed by atoms with E-state index in [2.05, 4.69) is 6.07 Å². The van der Waals surface area contributed by atoms with Gasteiger partial charge in [-0.25, -0.2) is 8.42 Å². The number of hydrogen-bond donors (Lipinski definition) is 0. The highest BCUT2D eigenvalue weighted by Crippen LogP contribution is 2.37. The van der Waals surface area contributed by atoms with Gasteiger partial charge in [-0.05, 0) is 37.5 Å². The van der Waals surface area contributed by atoms with Gasteiger partial charge < -0.3 is 4.90 Å². The van der Waals surface area contributed by atoms with E-state index >= 15 is 0 Å². The number of rotatable bonds is 3. The molecule has 0 atom stereocenters. The van der Waals surface area contributed by atoms with Crippen molar-refractivity contribution in [2.24, 2.45) is 0 Å². The predicted octanol–water partition coefficient (Wildman–Crippen LogP) is 2.26. The summed E-state index contributed by atoms with van der Waals surface area (Å²) in [5, 5.41) is 9.35. The summed E-state index contributed by atoms with van der Waals surface area (Å²) in [5.41, 5.74) is -0.564. The fraction of sp³-hybridized carbons (Fsp3) is 0.429. The van der Waals surface area contributed by atoms with Crippen LogP contribution in [-0.2, 0) is 9.84 Å². The van der Waals surface area contributed by atoms with Gasteiger partial charge >= 0.3 is 0 Å². The normalized spacial score (nSPS) is 16.7. The molecule has 1 aliphatic carbocycles. The first-order chi connectivity index (χ1) is 9.71. The third-order valence-corrected chi connectivity index (χ3v) is 5.49. The molecule has 1 aromatic carbocycles. The molecule has 1 amide bonds. The van der Waals surface area contributed by atoms with Crippen molar-refractivity contribution in [3.8, 4) is 6.07 Å². The van der Waals surface area contributed by atoms with E-state index in [-0.39, 0.29) is 21.4 Å². The summed E-state index contributed by atoms with van der Waals surface area (Å²) in [4.78, 5) is 13.8. The number of carbonyl (C=O) groups excluding carboxylic acids is 1. The molecule has 0 heterocycles. The van der Waals surface area contributed by atoms with Gasteiger partial charge in [-0.15, -0.1) is 0 Å². The Hall–Kier alpha value is -1.58. The van der Waals surface area contributed by atoms with Gasteiger partial charge in [0.1, 0.15) is 5.54 Å². The lowest BCUT2D eigenvalue weighted by molar-refractivity contribution is 0.0497. The van der Waals surface area contributed by atoms with E-state index in [0.29, 0.717) is 12.8 Å². The number of amides is 1. The summed E-state index contributed by atoms with van der Waals surface area (Å²) in [7, 11) is -1.95. The van der Waals surface area contributed by atoms with Gasteiger partial charge in [-0.1, -0.05) is 11.6 Å². The Morgan fingerprint density at radius 2 is 2.05 bits per heavy atom. The monoisotopic (exact) mass is 326 g/mol. The fourth-order valence-electron chi connectivity index (χ4n) is 2.34. The molecule has 0 bridgehead atoms. The van der Waals surface area contributed by atoms with Crippen LogP contribution in [0.1, 0.15) is 29.6 Å². The summed E-state index contributed by atoms with van der Waals surface area (Å²) in [5.74, 6) is -0.377. The number of hydrogen-bond acceptors (Lipinski definition) is 4. The molecule has 21 heavy (non-hydrogen) atoms. The second-order valence-electron chi connectivity index (χ2n) is 5.28. The molecule has 112 valence electrons. The lowest BCUT2D eigenvalue weighted by Gasteiger charge is -2.42. The average molecular weight is 327 g/mol. The zero-order chi connectivity index (χ0) is 15.8. The standard InChI is InChI=1S/C14H15ClN2O3S/c1-17(14(9-16)6-3-7-14)13(18)10-4-5-11(15)12(8-10)21(2,19)20/h4-5,8H,3,6-7H2,1-2H3. The molecule has 7 heteroatoms. The van der Waals surface area contributed by atoms with Gasteiger partial charge in [0.25, 0.3) is 5.91 Å². The predicted molar refractivity (Wildman–Crippen MR) is 78.9 cm³/mol. The van der Waals surface area contributed by atoms with E-state index in [9.17, 15) is 18.5 Å². The molecule has 1 saturated carbocycles. The van der Waals surface area contributed by atoms with Gasteiger partial charge in [-0.2, -0.15) is 5.26 Å². The van der Waals surface area contributed by atoms with Crippen LogP contribution in [0.15, 0.2) is 23.1 Å². The summed E-state index contributed by atoms with van der Waals surface area (Å²) >= 11 is 5.86. The molecule has 0 saturated heterocycles. The van der Waals surface area contributed by atoms with E-state index in [0.717, 1.165) is 12.7 Å². The Morgan fingerprint density at radius 3 is 2.48 bits per heavy atom. The van der Waals surface area contributed by atoms with Crippen LogP contribution in [0.25, 0.3) is 0 Å². The Kier molecular flexibility index (Phi) is 4.00. The van der Waals surface area contributed by atoms with Crippen LogP contribution < -0.4 is 0 Å². The largest absolute Gasteiger partial charge is 0.323 e. The highest BCUT2D eigenvalue weighted by atomic mass is 35.5. The molecule has 1 aromatic rings. The van der Waals surface area contributed by atoms with Crippen molar-refractivity contribution in [1.82, 2.24) is 4.90 Å². The zero-order valence-corrected chi connectivity index (χ0v) is 13.3. The quantitative estimate of drug-likeness (QED) is 0.853. The van der Waals surface area contributed by atoms with Gasteiger partial charge in [0, 0.05) is 18.9 Å². The summed E-state index contributed by atoms with van der Waals surface area (Å²) in [6.45, 7) is 0. The Labute approximate surface area is 129 Å². The second kappa shape index (κ2) is 5.32. The van der Waals surface area contributed by atoms with Crippen LogP contribution in [-0.4, -0.2) is 38.1 Å². The zero-order valence-electron chi connectivity index (χ0n) is 11.8. The molecule has 0 spiro atoms. The SMILES string of the molecule is CN(C(=O)c1ccc(Cl)c(S(C)(=O)=O)c1)C1(C#N)CCC1. The Morgan fingerprint density at radius 1 is 1.43 bits per heavy atom. The van der Waals surface area contributed by atoms with Gasteiger partial charge in [-0.3, -0.25) is 4.79 Å². The van der Waals surface area contributed by atoms with Crippen LogP contribution in [0.3, 0.4) is 0 Å². The lowest BCUT2D eigenvalue weighted by atomic mass is 9.76. The first-order valence-electron chi connectivity index (χ1n) is 6.40. The highest BCUT2D eigenvalue weighted by Gasteiger charge is 2.43. The van der Waals surface area contributed by atoms with E-state index in [1.54, 1.807) is 7.05 Å². The summed E-state index contributed by atoms with van der Waals surface area (Å²) in [6, 6.07) is 6.31. The maximum absolute atomic E-state index is 12.5. The fourth-order valence-corrected chi connectivity index (χ4v) is 3.64. The van der Waals surface area contributed by atoms with Crippen molar-refractivity contribution in [1.29, 1.82) is 5.26 Å². The number of nitrogens with zero attached hydrogens (tertiary/aromatic N) is 2. The summed E-state index contributed by atoms with van der Waals surface area (Å²) < 4.78 is 23.3. The average Bonchev–Trinajstić information content (AvgIpc) is 2.36. The number of halogens is 1. The minimum absolute atomic E-state index is 0.0790. The van der Waals surface area contributed by atoms with E-state index in [4.69, 9.17) is 11.6 Å². The molecule has 0 radical (unpaired) electrons.